The van der Waals surface area contributed by atoms with Crippen LogP contribution in [0.5, 0.6) is 11.5 Å². The Kier molecular flexibility index (Phi) is 4.73. The first-order valence-corrected chi connectivity index (χ1v) is 6.37. The number of methoxy groups -OCH3 is 2. The normalized spacial score (nSPS) is 10.0. The lowest BCUT2D eigenvalue weighted by molar-refractivity contribution is 0.102. The molecule has 0 bridgehead atoms. The maximum absolute atomic E-state index is 12.2. The molecular formula is C15H17N3O3. The first kappa shape index (κ1) is 14.8. The summed E-state index contributed by atoms with van der Waals surface area (Å²) in [6.07, 6.45) is 0. The molecule has 1 aromatic heterocycles. The third-order valence-electron chi connectivity index (χ3n) is 2.90. The van der Waals surface area contributed by atoms with Gasteiger partial charge in [0.2, 0.25) is 0 Å². The van der Waals surface area contributed by atoms with Crippen LogP contribution >= 0.6 is 0 Å². The lowest BCUT2D eigenvalue weighted by atomic mass is 10.2. The van der Waals surface area contributed by atoms with Crippen LogP contribution in [0.15, 0.2) is 36.4 Å². The molecule has 2 aromatic rings. The molecule has 6 nitrogen and oxygen atoms in total. The molecule has 2 rings (SSSR count). The van der Waals surface area contributed by atoms with Crippen molar-refractivity contribution in [3.63, 3.8) is 0 Å². The number of benzene rings is 1. The molecule has 0 unspecified atom stereocenters. The second-order valence-corrected chi connectivity index (χ2v) is 4.24. The maximum Gasteiger partial charge on any atom is 0.256 e. The van der Waals surface area contributed by atoms with Crippen molar-refractivity contribution in [1.82, 2.24) is 4.98 Å². The summed E-state index contributed by atoms with van der Waals surface area (Å²) in [5.74, 6) is 1.24. The smallest absolute Gasteiger partial charge is 0.256 e. The number of aromatic nitrogens is 1. The number of nitrogens with two attached hydrogens (primary N) is 1. The van der Waals surface area contributed by atoms with Gasteiger partial charge in [0.25, 0.3) is 5.91 Å². The van der Waals surface area contributed by atoms with Gasteiger partial charge < -0.3 is 20.5 Å². The number of pyridine rings is 1. The van der Waals surface area contributed by atoms with E-state index in [2.05, 4.69) is 10.3 Å². The molecule has 0 fully saturated rings. The number of hydrogen-bond acceptors (Lipinski definition) is 5. The molecule has 6 heteroatoms. The molecule has 0 atom stereocenters. The van der Waals surface area contributed by atoms with Crippen molar-refractivity contribution in [1.29, 1.82) is 0 Å². The molecule has 0 radical (unpaired) electrons. The van der Waals surface area contributed by atoms with Gasteiger partial charge in [-0.05, 0) is 30.3 Å². The molecule has 0 saturated carbocycles. The summed E-state index contributed by atoms with van der Waals surface area (Å²) < 4.78 is 10.3. The van der Waals surface area contributed by atoms with Gasteiger partial charge in [-0.3, -0.25) is 4.79 Å². The number of hydrogen-bond donors (Lipinski definition) is 2. The standard InChI is InChI=1S/C15H17N3O3/c1-20-12-7-6-10(8-13(12)21-2)15(19)18-14-5-3-4-11(9-16)17-14/h3-8H,9,16H2,1-2H3,(H,17,18,19). The average molecular weight is 287 g/mol. The number of nitrogens with zero attached hydrogens (tertiary/aromatic N) is 1. The van der Waals surface area contributed by atoms with E-state index in [0.717, 1.165) is 0 Å². The third-order valence-corrected chi connectivity index (χ3v) is 2.90. The van der Waals surface area contributed by atoms with Gasteiger partial charge >= 0.3 is 0 Å². The van der Waals surface area contributed by atoms with E-state index < -0.39 is 0 Å². The van der Waals surface area contributed by atoms with E-state index in [1.54, 1.807) is 43.5 Å². The second-order valence-electron chi connectivity index (χ2n) is 4.24. The highest BCUT2D eigenvalue weighted by Crippen LogP contribution is 2.27. The van der Waals surface area contributed by atoms with Gasteiger partial charge in [-0.15, -0.1) is 0 Å². The zero-order valence-corrected chi connectivity index (χ0v) is 11.9. The van der Waals surface area contributed by atoms with Crippen molar-refractivity contribution in [2.45, 2.75) is 6.54 Å². The van der Waals surface area contributed by atoms with E-state index in [0.29, 0.717) is 35.1 Å². The van der Waals surface area contributed by atoms with Crippen LogP contribution in [0.25, 0.3) is 0 Å². The minimum atomic E-state index is -0.280. The van der Waals surface area contributed by atoms with Gasteiger partial charge in [0.1, 0.15) is 5.82 Å². The molecule has 21 heavy (non-hydrogen) atoms. The first-order valence-electron chi connectivity index (χ1n) is 6.37. The van der Waals surface area contributed by atoms with Gasteiger partial charge in [-0.2, -0.15) is 0 Å². The topological polar surface area (TPSA) is 86.5 Å². The molecule has 1 heterocycles. The summed E-state index contributed by atoms with van der Waals surface area (Å²) in [5, 5.41) is 2.72. The molecule has 0 spiro atoms. The number of ether oxygens (including phenoxy) is 2. The molecule has 0 saturated heterocycles. The zero-order chi connectivity index (χ0) is 15.2. The van der Waals surface area contributed by atoms with Crippen LogP contribution in [0.1, 0.15) is 16.1 Å². The summed E-state index contributed by atoms with van der Waals surface area (Å²) in [7, 11) is 3.06. The van der Waals surface area contributed by atoms with E-state index in [9.17, 15) is 4.79 Å². The molecule has 1 aromatic carbocycles. The minimum absolute atomic E-state index is 0.280. The molecule has 0 aliphatic carbocycles. The average Bonchev–Trinajstić information content (AvgIpc) is 2.54. The fraction of sp³-hybridized carbons (Fsp3) is 0.200. The Bertz CT molecular complexity index is 644. The number of anilines is 1. The Morgan fingerprint density at radius 2 is 1.95 bits per heavy atom. The lowest BCUT2D eigenvalue weighted by Crippen LogP contribution is -2.14. The van der Waals surface area contributed by atoms with Crippen LogP contribution in [0, 0.1) is 0 Å². The number of amides is 1. The molecule has 1 amide bonds. The van der Waals surface area contributed by atoms with Crippen LogP contribution in [0.4, 0.5) is 5.82 Å². The molecular weight excluding hydrogens is 270 g/mol. The Morgan fingerprint density at radius 1 is 1.19 bits per heavy atom. The summed E-state index contributed by atoms with van der Waals surface area (Å²) in [4.78, 5) is 16.4. The van der Waals surface area contributed by atoms with E-state index >= 15 is 0 Å². The molecule has 0 aliphatic heterocycles. The van der Waals surface area contributed by atoms with Gasteiger partial charge in [0, 0.05) is 12.1 Å². The maximum atomic E-state index is 12.2. The van der Waals surface area contributed by atoms with Crippen LogP contribution in [0.2, 0.25) is 0 Å². The fourth-order valence-electron chi connectivity index (χ4n) is 1.83. The summed E-state index contributed by atoms with van der Waals surface area (Å²) >= 11 is 0. The molecule has 0 aliphatic rings. The SMILES string of the molecule is COc1ccc(C(=O)Nc2cccc(CN)n2)cc1OC. The minimum Gasteiger partial charge on any atom is -0.493 e. The van der Waals surface area contributed by atoms with Gasteiger partial charge in [-0.1, -0.05) is 6.07 Å². The van der Waals surface area contributed by atoms with Crippen LogP contribution in [-0.4, -0.2) is 25.1 Å². The highest BCUT2D eigenvalue weighted by atomic mass is 16.5. The van der Waals surface area contributed by atoms with E-state index in [-0.39, 0.29) is 5.91 Å². The van der Waals surface area contributed by atoms with E-state index in [1.807, 2.05) is 0 Å². The number of carbonyl (C=O) groups excluding carboxylic acids is 1. The van der Waals surface area contributed by atoms with Crippen molar-refractivity contribution < 1.29 is 14.3 Å². The summed E-state index contributed by atoms with van der Waals surface area (Å²) in [6, 6.07) is 10.2. The Morgan fingerprint density at radius 3 is 2.62 bits per heavy atom. The highest BCUT2D eigenvalue weighted by Gasteiger charge is 2.11. The monoisotopic (exact) mass is 287 g/mol. The lowest BCUT2D eigenvalue weighted by Gasteiger charge is -2.10. The number of carbonyl (C=O) groups is 1. The van der Waals surface area contributed by atoms with Gasteiger partial charge in [-0.25, -0.2) is 4.98 Å². The summed E-state index contributed by atoms with van der Waals surface area (Å²) in [5.41, 5.74) is 6.68. The zero-order valence-electron chi connectivity index (χ0n) is 11.9. The predicted molar refractivity (Wildman–Crippen MR) is 79.6 cm³/mol. The highest BCUT2D eigenvalue weighted by molar-refractivity contribution is 6.04. The van der Waals surface area contributed by atoms with Crippen LogP contribution < -0.4 is 20.5 Å². The quantitative estimate of drug-likeness (QED) is 0.875. The van der Waals surface area contributed by atoms with Crippen molar-refractivity contribution >= 4 is 11.7 Å². The predicted octanol–water partition coefficient (Wildman–Crippen LogP) is 1.81. The second kappa shape index (κ2) is 6.71. The molecule has 3 N–H and O–H groups in total. The van der Waals surface area contributed by atoms with Crippen molar-refractivity contribution in [2.24, 2.45) is 5.73 Å². The Labute approximate surface area is 122 Å². The van der Waals surface area contributed by atoms with Crippen molar-refractivity contribution in [3.8, 4) is 11.5 Å². The number of nitrogens with one attached hydrogen (secondary N) is 1. The van der Waals surface area contributed by atoms with Crippen LogP contribution in [0.3, 0.4) is 0 Å². The Hall–Kier alpha value is -2.60. The molecule has 110 valence electrons. The van der Waals surface area contributed by atoms with Gasteiger partial charge in [0.15, 0.2) is 11.5 Å². The van der Waals surface area contributed by atoms with Crippen molar-refractivity contribution in [2.75, 3.05) is 19.5 Å². The van der Waals surface area contributed by atoms with Crippen molar-refractivity contribution in [3.05, 3.63) is 47.7 Å². The Balaban J connectivity index is 2.19. The third kappa shape index (κ3) is 3.49. The van der Waals surface area contributed by atoms with E-state index in [4.69, 9.17) is 15.2 Å². The fourth-order valence-corrected chi connectivity index (χ4v) is 1.83. The first-order chi connectivity index (χ1) is 10.2. The van der Waals surface area contributed by atoms with Gasteiger partial charge in [0.05, 0.1) is 19.9 Å². The summed E-state index contributed by atoms with van der Waals surface area (Å²) in [6.45, 7) is 0.320. The van der Waals surface area contributed by atoms with E-state index in [1.165, 1.54) is 7.11 Å². The van der Waals surface area contributed by atoms with Crippen LogP contribution in [-0.2, 0) is 6.54 Å². The number of rotatable bonds is 5. The largest absolute Gasteiger partial charge is 0.493 e.